The van der Waals surface area contributed by atoms with Gasteiger partial charge in [0.2, 0.25) is 0 Å². The Labute approximate surface area is 145 Å². The van der Waals surface area contributed by atoms with Crippen molar-refractivity contribution >= 4 is 22.3 Å². The molecule has 0 saturated carbocycles. The van der Waals surface area contributed by atoms with Crippen molar-refractivity contribution in [1.82, 2.24) is 15.0 Å². The molecule has 0 aliphatic carbocycles. The highest BCUT2D eigenvalue weighted by Crippen LogP contribution is 2.35. The summed E-state index contributed by atoms with van der Waals surface area (Å²) < 4.78 is 44.3. The highest BCUT2D eigenvalue weighted by molar-refractivity contribution is 7.14. The normalized spacial score (nSPS) is 11.4. The standard InChI is InChI=1S/C16H13F3N4OS/c1-2-24-10-5-6-12(21-8-10)13-9-25-15(22-13)23-14-11(16(17,18)19)4-3-7-20-14/h3-9H,2H2,1H3,(H,20,22,23). The first kappa shape index (κ1) is 17.2. The fraction of sp³-hybridized carbons (Fsp3) is 0.188. The van der Waals surface area contributed by atoms with E-state index in [1.54, 1.807) is 23.7 Å². The number of ether oxygens (including phenoxy) is 1. The third-order valence-corrected chi connectivity index (χ3v) is 3.91. The molecule has 0 aliphatic rings. The van der Waals surface area contributed by atoms with Crippen molar-refractivity contribution in [2.75, 3.05) is 11.9 Å². The molecule has 25 heavy (non-hydrogen) atoms. The molecule has 3 heterocycles. The quantitative estimate of drug-likeness (QED) is 0.705. The number of pyridine rings is 2. The number of nitrogens with one attached hydrogen (secondary N) is 1. The number of anilines is 2. The molecule has 0 spiro atoms. The summed E-state index contributed by atoms with van der Waals surface area (Å²) in [6.07, 6.45) is -1.63. The molecule has 0 saturated heterocycles. The van der Waals surface area contributed by atoms with Crippen molar-refractivity contribution in [1.29, 1.82) is 0 Å². The largest absolute Gasteiger partial charge is 0.492 e. The molecule has 0 fully saturated rings. The SMILES string of the molecule is CCOc1ccc(-c2csc(Nc3ncccc3C(F)(F)F)n2)nc1. The summed E-state index contributed by atoms with van der Waals surface area (Å²) in [7, 11) is 0. The zero-order chi connectivity index (χ0) is 17.9. The summed E-state index contributed by atoms with van der Waals surface area (Å²) in [5.74, 6) is 0.360. The first-order valence-electron chi connectivity index (χ1n) is 7.31. The Kier molecular flexibility index (Phi) is 4.84. The predicted molar refractivity (Wildman–Crippen MR) is 89.0 cm³/mol. The summed E-state index contributed by atoms with van der Waals surface area (Å²) in [6.45, 7) is 2.41. The van der Waals surface area contributed by atoms with Gasteiger partial charge in [0.15, 0.2) is 5.13 Å². The van der Waals surface area contributed by atoms with E-state index in [4.69, 9.17) is 4.74 Å². The number of hydrogen-bond acceptors (Lipinski definition) is 6. The summed E-state index contributed by atoms with van der Waals surface area (Å²) in [5, 5.41) is 4.64. The Hall–Kier alpha value is -2.68. The maximum absolute atomic E-state index is 13.0. The van der Waals surface area contributed by atoms with Gasteiger partial charge in [0.1, 0.15) is 17.3 Å². The van der Waals surface area contributed by atoms with Crippen LogP contribution in [0.3, 0.4) is 0 Å². The molecule has 3 aromatic heterocycles. The van der Waals surface area contributed by atoms with Crippen molar-refractivity contribution in [3.05, 3.63) is 47.6 Å². The molecule has 9 heteroatoms. The van der Waals surface area contributed by atoms with Crippen LogP contribution in [-0.4, -0.2) is 21.6 Å². The van der Waals surface area contributed by atoms with Gasteiger partial charge in [-0.1, -0.05) is 0 Å². The van der Waals surface area contributed by atoms with E-state index in [2.05, 4.69) is 20.3 Å². The predicted octanol–water partition coefficient (Wildman–Crippen LogP) is 4.76. The van der Waals surface area contributed by atoms with Gasteiger partial charge in [-0.25, -0.2) is 9.97 Å². The van der Waals surface area contributed by atoms with Crippen LogP contribution in [0.15, 0.2) is 42.0 Å². The van der Waals surface area contributed by atoms with E-state index in [1.165, 1.54) is 23.6 Å². The molecule has 0 amide bonds. The molecular weight excluding hydrogens is 353 g/mol. The first-order valence-corrected chi connectivity index (χ1v) is 8.19. The van der Waals surface area contributed by atoms with E-state index in [1.807, 2.05) is 6.92 Å². The summed E-state index contributed by atoms with van der Waals surface area (Å²) in [4.78, 5) is 12.3. The third kappa shape index (κ3) is 4.05. The van der Waals surface area contributed by atoms with Crippen LogP contribution in [0.2, 0.25) is 0 Å². The van der Waals surface area contributed by atoms with Gasteiger partial charge in [-0.15, -0.1) is 11.3 Å². The van der Waals surface area contributed by atoms with Gasteiger partial charge in [0, 0.05) is 11.6 Å². The van der Waals surface area contributed by atoms with Crippen LogP contribution < -0.4 is 10.1 Å². The van der Waals surface area contributed by atoms with Crippen molar-refractivity contribution in [3.63, 3.8) is 0 Å². The van der Waals surface area contributed by atoms with Crippen molar-refractivity contribution in [2.24, 2.45) is 0 Å². The molecule has 1 N–H and O–H groups in total. The minimum Gasteiger partial charge on any atom is -0.492 e. The minimum atomic E-state index is -4.49. The second kappa shape index (κ2) is 7.06. The molecule has 0 unspecified atom stereocenters. The molecule has 3 rings (SSSR count). The Morgan fingerprint density at radius 1 is 1.16 bits per heavy atom. The summed E-state index contributed by atoms with van der Waals surface area (Å²) in [6, 6.07) is 5.72. The molecule has 0 bridgehead atoms. The average molecular weight is 366 g/mol. The third-order valence-electron chi connectivity index (χ3n) is 3.15. The van der Waals surface area contributed by atoms with Crippen molar-refractivity contribution in [3.8, 4) is 17.1 Å². The maximum Gasteiger partial charge on any atom is 0.419 e. The molecule has 3 aromatic rings. The van der Waals surface area contributed by atoms with E-state index in [0.29, 0.717) is 28.9 Å². The zero-order valence-electron chi connectivity index (χ0n) is 13.0. The molecule has 0 atom stereocenters. The van der Waals surface area contributed by atoms with E-state index >= 15 is 0 Å². The second-order valence-electron chi connectivity index (χ2n) is 4.87. The van der Waals surface area contributed by atoms with Crippen LogP contribution in [0.5, 0.6) is 5.75 Å². The smallest absolute Gasteiger partial charge is 0.419 e. The number of nitrogens with zero attached hydrogens (tertiary/aromatic N) is 3. The van der Waals surface area contributed by atoms with E-state index in [9.17, 15) is 13.2 Å². The Bertz CT molecular complexity index is 849. The highest BCUT2D eigenvalue weighted by Gasteiger charge is 2.34. The second-order valence-corrected chi connectivity index (χ2v) is 5.73. The maximum atomic E-state index is 13.0. The monoisotopic (exact) mass is 366 g/mol. The topological polar surface area (TPSA) is 59.9 Å². The van der Waals surface area contributed by atoms with Gasteiger partial charge in [0.25, 0.3) is 0 Å². The first-order chi connectivity index (χ1) is 12.0. The number of halogens is 3. The summed E-state index contributed by atoms with van der Waals surface area (Å²) in [5.41, 5.74) is 0.316. The Morgan fingerprint density at radius 3 is 2.68 bits per heavy atom. The zero-order valence-corrected chi connectivity index (χ0v) is 13.9. The lowest BCUT2D eigenvalue weighted by Gasteiger charge is -2.11. The average Bonchev–Trinajstić information content (AvgIpc) is 3.04. The van der Waals surface area contributed by atoms with Gasteiger partial charge < -0.3 is 10.1 Å². The van der Waals surface area contributed by atoms with E-state index in [-0.39, 0.29) is 5.82 Å². The van der Waals surface area contributed by atoms with Crippen LogP contribution in [0.4, 0.5) is 24.1 Å². The molecule has 0 aliphatic heterocycles. The van der Waals surface area contributed by atoms with Crippen LogP contribution >= 0.6 is 11.3 Å². The Morgan fingerprint density at radius 2 is 2.00 bits per heavy atom. The van der Waals surface area contributed by atoms with Gasteiger partial charge in [-0.2, -0.15) is 13.2 Å². The van der Waals surface area contributed by atoms with Crippen LogP contribution in [0, 0.1) is 0 Å². The number of alkyl halides is 3. The number of thiazole rings is 1. The van der Waals surface area contributed by atoms with E-state index < -0.39 is 11.7 Å². The molecule has 130 valence electrons. The van der Waals surface area contributed by atoms with E-state index in [0.717, 1.165) is 6.07 Å². The lowest BCUT2D eigenvalue weighted by molar-refractivity contribution is -0.137. The lowest BCUT2D eigenvalue weighted by atomic mass is 10.2. The van der Waals surface area contributed by atoms with Gasteiger partial charge in [-0.05, 0) is 31.2 Å². The summed E-state index contributed by atoms with van der Waals surface area (Å²) >= 11 is 1.17. The van der Waals surface area contributed by atoms with Crippen LogP contribution in [0.1, 0.15) is 12.5 Å². The van der Waals surface area contributed by atoms with Crippen LogP contribution in [0.25, 0.3) is 11.4 Å². The highest BCUT2D eigenvalue weighted by atomic mass is 32.1. The van der Waals surface area contributed by atoms with Gasteiger partial charge in [-0.3, -0.25) is 4.98 Å². The number of hydrogen-bond donors (Lipinski definition) is 1. The minimum absolute atomic E-state index is 0.282. The Balaban J connectivity index is 1.81. The van der Waals surface area contributed by atoms with Gasteiger partial charge >= 0.3 is 6.18 Å². The number of aromatic nitrogens is 3. The lowest BCUT2D eigenvalue weighted by Crippen LogP contribution is -2.09. The van der Waals surface area contributed by atoms with Crippen molar-refractivity contribution < 1.29 is 17.9 Å². The molecule has 0 aromatic carbocycles. The molecule has 5 nitrogen and oxygen atoms in total. The number of rotatable bonds is 5. The van der Waals surface area contributed by atoms with Crippen LogP contribution in [-0.2, 0) is 6.18 Å². The fourth-order valence-corrected chi connectivity index (χ4v) is 2.77. The van der Waals surface area contributed by atoms with Crippen molar-refractivity contribution in [2.45, 2.75) is 13.1 Å². The molecule has 0 radical (unpaired) electrons. The fourth-order valence-electron chi connectivity index (χ4n) is 2.07. The molecular formula is C16H13F3N4OS. The van der Waals surface area contributed by atoms with Gasteiger partial charge in [0.05, 0.1) is 24.1 Å².